The summed E-state index contributed by atoms with van der Waals surface area (Å²) in [5, 5.41) is 101. The lowest BCUT2D eigenvalue weighted by atomic mass is 9.97. The summed E-state index contributed by atoms with van der Waals surface area (Å²) in [7, 11) is -12.6. The van der Waals surface area contributed by atoms with Gasteiger partial charge in [0.25, 0.3) is 0 Å². The third-order valence-electron chi connectivity index (χ3n) is 21.9. The van der Waals surface area contributed by atoms with Crippen LogP contribution in [0.4, 0.5) is 0 Å². The summed E-state index contributed by atoms with van der Waals surface area (Å²) in [5.41, 5.74) is 0. The predicted molar refractivity (Wildman–Crippen MR) is 438 cm³/mol. The number of hydrogen-bond acceptors (Lipinski definition) is 12. The van der Waals surface area contributed by atoms with Crippen molar-refractivity contribution < 1.29 is 40.2 Å². The van der Waals surface area contributed by atoms with E-state index >= 15 is 0 Å². The van der Waals surface area contributed by atoms with Gasteiger partial charge in [0, 0.05) is 86.6 Å². The average molecular weight is 1450 g/mol. The standard InChI is InChI=1S/8C8H20P.4CBNO2/c8*1-5-9(6-2,7-3)8-4;4*3-1-2(4)5/h8*5-8H2,1-4H3;;;;/q8*+1;4*-2. The van der Waals surface area contributed by atoms with Crippen LogP contribution in [0.5, 0.6) is 0 Å². The van der Waals surface area contributed by atoms with Crippen LogP contribution in [0.15, 0.2) is 0 Å². The van der Waals surface area contributed by atoms with Gasteiger partial charge in [-0.2, -0.15) is 0 Å². The maximum Gasteiger partial charge on any atom is 0.0565 e. The van der Waals surface area contributed by atoms with Crippen LogP contribution in [0.2, 0.25) is 0 Å². The first-order chi connectivity index (χ1) is 43.0. The normalized spacial score (nSPS) is 10.7. The van der Waals surface area contributed by atoms with Gasteiger partial charge in [-0.15, -0.1) is 0 Å². The number of hydrogen-bond donors (Lipinski definition) is 0. The van der Waals surface area contributed by atoms with Crippen molar-refractivity contribution in [3.63, 3.8) is 0 Å². The van der Waals surface area contributed by atoms with Gasteiger partial charge in [-0.05, 0) is 245 Å². The highest BCUT2D eigenvalue weighted by atomic mass is 31.2. The first-order valence-electron chi connectivity index (χ1n) is 36.7. The lowest BCUT2D eigenvalue weighted by Crippen LogP contribution is -2.43. The van der Waals surface area contributed by atoms with Gasteiger partial charge in [-0.3, -0.25) is 0 Å². The van der Waals surface area contributed by atoms with E-state index in [0.717, 1.165) is 23.9 Å². The fraction of sp³-hybridized carbons (Fsp3) is 0.941. The molecule has 0 aliphatic heterocycles. The third-order valence-corrected chi connectivity index (χ3v) is 64.8. The molecular formula is C68H160B4N4O8P8. The van der Waals surface area contributed by atoms with Crippen LogP contribution < -0.4 is 40.2 Å². The first-order valence-corrected chi connectivity index (χ1v) is 56.9. The van der Waals surface area contributed by atoms with Crippen LogP contribution in [-0.2, 0) is 0 Å². The summed E-state index contributed by atoms with van der Waals surface area (Å²) in [6, 6.07) is 0. The highest BCUT2D eigenvalue weighted by molar-refractivity contribution is 7.78. The molecule has 0 fully saturated rings. The second-order valence-electron chi connectivity index (χ2n) is 22.7. The monoisotopic (exact) mass is 1450 g/mol. The molecule has 0 atom stereocenters. The van der Waals surface area contributed by atoms with Crippen LogP contribution in [0.1, 0.15) is 222 Å². The molecule has 24 heteroatoms. The molecular weight excluding hydrogens is 1290 g/mol. The van der Waals surface area contributed by atoms with Gasteiger partial charge in [0.1, 0.15) is 0 Å². The molecule has 0 bridgehead atoms. The van der Waals surface area contributed by atoms with Gasteiger partial charge < -0.3 is 40.2 Å². The zero-order valence-corrected chi connectivity index (χ0v) is 74.7. The summed E-state index contributed by atoms with van der Waals surface area (Å²) in [6.07, 6.45) is 46.6. The highest BCUT2D eigenvalue weighted by Crippen LogP contribution is 2.61. The summed E-state index contributed by atoms with van der Waals surface area (Å²) in [5.74, 6) is 3.67. The summed E-state index contributed by atoms with van der Waals surface area (Å²) >= 11 is 0. The molecule has 0 radical (unpaired) electrons. The Bertz CT molecular complexity index is 1170. The lowest BCUT2D eigenvalue weighted by molar-refractivity contribution is -0.342. The fourth-order valence-electron chi connectivity index (χ4n) is 10.7. The smallest absolute Gasteiger partial charge is 0.0565 e. The van der Waals surface area contributed by atoms with Gasteiger partial charge in [0.2, 0.25) is 0 Å². The second kappa shape index (κ2) is 81.3. The maximum atomic E-state index is 8.98. The minimum atomic E-state index is -2.31. The Morgan fingerprint density at radius 3 is 0.185 bits per heavy atom. The van der Waals surface area contributed by atoms with Gasteiger partial charge in [0.05, 0.1) is 197 Å². The van der Waals surface area contributed by atoms with Crippen molar-refractivity contribution in [2.45, 2.75) is 222 Å². The molecule has 0 heterocycles. The minimum Gasteiger partial charge on any atom is -0.881 e. The summed E-state index contributed by atoms with van der Waals surface area (Å²) in [6.45, 7) is 75.2. The largest absolute Gasteiger partial charge is 0.881 e. The van der Waals surface area contributed by atoms with Crippen LogP contribution in [-0.4, -0.2) is 226 Å². The van der Waals surface area contributed by atoms with E-state index in [1.807, 2.05) is 0 Å². The molecule has 0 aromatic carbocycles. The van der Waals surface area contributed by atoms with Crippen molar-refractivity contribution in [3.8, 4) is 23.9 Å². The van der Waals surface area contributed by atoms with E-state index in [1.54, 1.807) is 0 Å². The second-order valence-corrected chi connectivity index (χ2v) is 64.4. The molecule has 92 heavy (non-hydrogen) atoms. The molecule has 0 saturated carbocycles. The van der Waals surface area contributed by atoms with Crippen molar-refractivity contribution in [2.24, 2.45) is 0 Å². The van der Waals surface area contributed by atoms with E-state index in [4.69, 9.17) is 61.2 Å². The van der Waals surface area contributed by atoms with Crippen molar-refractivity contribution in [3.05, 3.63) is 0 Å². The zero-order valence-electron chi connectivity index (χ0n) is 67.6. The molecule has 0 amide bonds. The van der Waals surface area contributed by atoms with E-state index in [2.05, 4.69) is 222 Å². The zero-order chi connectivity index (χ0) is 75.8. The third kappa shape index (κ3) is 67.2. The Labute approximate surface area is 586 Å². The van der Waals surface area contributed by atoms with Crippen LogP contribution in [0.25, 0.3) is 0 Å². The molecule has 0 N–H and O–H groups in total. The van der Waals surface area contributed by atoms with Crippen LogP contribution in [0, 0.1) is 44.9 Å². The Hall–Kier alpha value is 1.34. The van der Waals surface area contributed by atoms with Gasteiger partial charge in [0.15, 0.2) is 0 Å². The predicted octanol–water partition coefficient (Wildman–Crippen LogP) is 13.7. The van der Waals surface area contributed by atoms with E-state index in [-0.39, 0.29) is 0 Å². The van der Waals surface area contributed by atoms with E-state index in [9.17, 15) is 0 Å². The van der Waals surface area contributed by atoms with Crippen molar-refractivity contribution in [1.82, 2.24) is 0 Å². The minimum absolute atomic E-state index is 0.420. The Kier molecular flexibility index (Phi) is 106. The summed E-state index contributed by atoms with van der Waals surface area (Å²) < 4.78 is 0. The first kappa shape index (κ1) is 120. The number of nitrogens with zero attached hydrogens (tertiary/aromatic N) is 4. The molecule has 0 aromatic rings. The Morgan fingerprint density at radius 1 is 0.152 bits per heavy atom. The molecule has 0 aromatic heterocycles. The molecule has 0 aliphatic carbocycles. The van der Waals surface area contributed by atoms with E-state index < -0.39 is 86.6 Å². The van der Waals surface area contributed by atoms with Gasteiger partial charge >= 0.3 is 0 Å². The van der Waals surface area contributed by atoms with E-state index in [1.165, 1.54) is 197 Å². The van der Waals surface area contributed by atoms with Crippen LogP contribution >= 0.6 is 58.1 Å². The average Bonchev–Trinajstić information content (AvgIpc) is 3.77. The van der Waals surface area contributed by atoms with Gasteiger partial charge in [-0.1, -0.05) is 0 Å². The Morgan fingerprint density at radius 2 is 0.185 bits per heavy atom. The van der Waals surface area contributed by atoms with Gasteiger partial charge in [-0.25, -0.2) is 21.0 Å². The van der Waals surface area contributed by atoms with Crippen molar-refractivity contribution in [2.75, 3.05) is 197 Å². The molecule has 0 saturated heterocycles. The molecule has 12 nitrogen and oxygen atoms in total. The number of rotatable bonds is 32. The molecule has 0 unspecified atom stereocenters. The van der Waals surface area contributed by atoms with Crippen LogP contribution in [0.3, 0.4) is 0 Å². The van der Waals surface area contributed by atoms with Crippen molar-refractivity contribution in [1.29, 1.82) is 21.0 Å². The molecule has 0 rings (SSSR count). The fourth-order valence-corrected chi connectivity index (χ4v) is 32.2. The Balaban J connectivity index is -0.0000000764. The SMILES string of the molecule is CC[P+](CC)(CC)CC.CC[P+](CC)(CC)CC.CC[P+](CC)(CC)CC.CC[P+](CC)(CC)CC.CC[P+](CC)(CC)CC.CC[P+](CC)(CC)CC.CC[P+](CC)(CC)CC.CC[P+](CC)(CC)CC.N#CB([O-])[O-].N#CB([O-])[O-].N#CB([O-])[O-].N#CB([O-])[O-]. The quantitative estimate of drug-likeness (QED) is 0.0449. The maximum absolute atomic E-state index is 8.98. The summed E-state index contributed by atoms with van der Waals surface area (Å²) in [4.78, 5) is 0. The molecule has 552 valence electrons. The van der Waals surface area contributed by atoms with E-state index in [0.29, 0.717) is 0 Å². The number of nitriles is 4. The topological polar surface area (TPSA) is 280 Å². The lowest BCUT2D eigenvalue weighted by Gasteiger charge is -2.20. The molecule has 0 aliphatic rings. The molecule has 0 spiro atoms. The van der Waals surface area contributed by atoms with Crippen molar-refractivity contribution >= 4 is 86.6 Å². The highest BCUT2D eigenvalue weighted by Gasteiger charge is 2.32.